The highest BCUT2D eigenvalue weighted by Gasteiger charge is 2.48. The molecule has 150 valence electrons. The summed E-state index contributed by atoms with van der Waals surface area (Å²) in [7, 11) is 0. The van der Waals surface area contributed by atoms with Gasteiger partial charge in [0, 0.05) is 18.9 Å². The number of morpholine rings is 1. The van der Waals surface area contributed by atoms with Crippen LogP contribution >= 0.6 is 0 Å². The van der Waals surface area contributed by atoms with Gasteiger partial charge in [0.25, 0.3) is 0 Å². The molecule has 0 aromatic carbocycles. The zero-order valence-corrected chi connectivity index (χ0v) is 16.0. The molecule has 2 fully saturated rings. The lowest BCUT2D eigenvalue weighted by Gasteiger charge is -2.43. The quantitative estimate of drug-likeness (QED) is 0.858. The highest BCUT2D eigenvalue weighted by molar-refractivity contribution is 5.69. The van der Waals surface area contributed by atoms with Crippen molar-refractivity contribution in [3.8, 4) is 0 Å². The van der Waals surface area contributed by atoms with Gasteiger partial charge in [-0.3, -0.25) is 4.90 Å². The molecule has 1 N–H and O–H groups in total. The fraction of sp³-hybridized carbons (Fsp3) is 0.722. The van der Waals surface area contributed by atoms with E-state index in [1.807, 2.05) is 0 Å². The van der Waals surface area contributed by atoms with Gasteiger partial charge in [-0.15, -0.1) is 0 Å². The minimum absolute atomic E-state index is 0.166. The molecule has 2 heterocycles. The van der Waals surface area contributed by atoms with Gasteiger partial charge in [0.1, 0.15) is 12.1 Å². The van der Waals surface area contributed by atoms with Crippen molar-refractivity contribution in [2.75, 3.05) is 18.4 Å². The summed E-state index contributed by atoms with van der Waals surface area (Å²) in [6.07, 6.45) is 0.753. The van der Waals surface area contributed by atoms with E-state index in [2.05, 4.69) is 15.3 Å². The highest BCUT2D eigenvalue weighted by atomic mass is 19.3. The van der Waals surface area contributed by atoms with E-state index in [0.29, 0.717) is 11.9 Å². The van der Waals surface area contributed by atoms with Gasteiger partial charge in [0.2, 0.25) is 5.95 Å². The summed E-state index contributed by atoms with van der Waals surface area (Å²) in [4.78, 5) is 22.0. The number of hydrogen-bond donors (Lipinski definition) is 1. The second kappa shape index (κ2) is 7.18. The summed E-state index contributed by atoms with van der Waals surface area (Å²) in [5.74, 6) is 0.934. The second-order valence-corrected chi connectivity index (χ2v) is 8.13. The van der Waals surface area contributed by atoms with Crippen molar-refractivity contribution in [2.24, 2.45) is 0 Å². The van der Waals surface area contributed by atoms with Crippen LogP contribution in [-0.2, 0) is 9.47 Å². The van der Waals surface area contributed by atoms with Crippen molar-refractivity contribution in [3.63, 3.8) is 0 Å². The van der Waals surface area contributed by atoms with Crippen LogP contribution in [0.5, 0.6) is 0 Å². The van der Waals surface area contributed by atoms with E-state index in [9.17, 15) is 13.6 Å². The molecule has 27 heavy (non-hydrogen) atoms. The number of alkyl halides is 2. The van der Waals surface area contributed by atoms with Crippen LogP contribution in [0.2, 0.25) is 0 Å². The summed E-state index contributed by atoms with van der Waals surface area (Å²) >= 11 is 0. The molecule has 3 rings (SSSR count). The molecule has 1 aliphatic heterocycles. The van der Waals surface area contributed by atoms with E-state index < -0.39 is 36.5 Å². The Balaban J connectivity index is 1.68. The van der Waals surface area contributed by atoms with Crippen LogP contribution in [0.3, 0.4) is 0 Å². The van der Waals surface area contributed by atoms with Crippen LogP contribution in [0, 0.1) is 0 Å². The smallest absolute Gasteiger partial charge is 0.410 e. The molecule has 9 heteroatoms. The minimum Gasteiger partial charge on any atom is -0.444 e. The van der Waals surface area contributed by atoms with Crippen molar-refractivity contribution in [3.05, 3.63) is 18.0 Å². The number of aromatic nitrogens is 2. The van der Waals surface area contributed by atoms with E-state index in [1.165, 1.54) is 6.92 Å². The Morgan fingerprint density at radius 3 is 2.56 bits per heavy atom. The molecule has 1 aromatic rings. The number of amides is 1. The number of hydrogen-bond acceptors (Lipinski definition) is 6. The molecule has 1 saturated carbocycles. The van der Waals surface area contributed by atoms with Crippen LogP contribution in [-0.4, -0.2) is 57.9 Å². The van der Waals surface area contributed by atoms with Crippen molar-refractivity contribution in [2.45, 2.75) is 70.3 Å². The molecular formula is C18H26F2N4O3. The molecule has 2 atom stereocenters. The summed E-state index contributed by atoms with van der Waals surface area (Å²) < 4.78 is 37.8. The summed E-state index contributed by atoms with van der Waals surface area (Å²) in [5, 5.41) is 3.01. The van der Waals surface area contributed by atoms with Crippen LogP contribution < -0.4 is 5.32 Å². The van der Waals surface area contributed by atoms with Crippen molar-refractivity contribution in [1.82, 2.24) is 14.9 Å². The summed E-state index contributed by atoms with van der Waals surface area (Å²) in [6.45, 7) is 5.88. The summed E-state index contributed by atoms with van der Waals surface area (Å²) in [6, 6.07) is -0.647. The number of halogens is 2. The van der Waals surface area contributed by atoms with E-state index in [-0.39, 0.29) is 6.54 Å². The number of nitrogens with one attached hydrogen (secondary N) is 1. The third kappa shape index (κ3) is 5.24. The molecular weight excluding hydrogens is 358 g/mol. The lowest BCUT2D eigenvalue weighted by atomic mass is 10.1. The fourth-order valence-electron chi connectivity index (χ4n) is 3.01. The second-order valence-electron chi connectivity index (χ2n) is 8.13. The topological polar surface area (TPSA) is 76.6 Å². The first-order valence-corrected chi connectivity index (χ1v) is 9.15. The Hall–Kier alpha value is -2.03. The summed E-state index contributed by atoms with van der Waals surface area (Å²) in [5.41, 5.74) is 0.318. The Kier molecular flexibility index (Phi) is 5.24. The number of carbonyl (C=O) groups excluding carboxylic acids is 1. The van der Waals surface area contributed by atoms with Gasteiger partial charge in [-0.25, -0.2) is 14.8 Å². The number of ether oxygens (including phenoxy) is 2. The van der Waals surface area contributed by atoms with Crippen LogP contribution in [0.4, 0.5) is 19.5 Å². The zero-order chi connectivity index (χ0) is 19.8. The van der Waals surface area contributed by atoms with E-state index >= 15 is 0 Å². The Morgan fingerprint density at radius 1 is 1.37 bits per heavy atom. The maximum absolute atomic E-state index is 13.8. The van der Waals surface area contributed by atoms with Gasteiger partial charge in [-0.05, 0) is 52.0 Å². The minimum atomic E-state index is -3.42. The fourth-order valence-corrected chi connectivity index (χ4v) is 3.01. The molecule has 0 bridgehead atoms. The molecule has 0 radical (unpaired) electrons. The normalized spacial score (nSPS) is 25.2. The maximum Gasteiger partial charge on any atom is 0.410 e. The highest BCUT2D eigenvalue weighted by Crippen LogP contribution is 2.39. The lowest BCUT2D eigenvalue weighted by molar-refractivity contribution is -0.300. The standard InChI is InChI=1S/C18H26F2N4O3/c1-11-14(9-23-15-21-7-13(8-22-15)12-5-6-12)24(10-18(19,20)26-11)16(25)27-17(2,3)4/h7-8,11-12,14H,5-6,9-10H2,1-4H3,(H,21,22,23)/t11-,14+/m0/s1. The molecule has 1 amide bonds. The van der Waals surface area contributed by atoms with Crippen molar-refractivity contribution < 1.29 is 23.0 Å². The average Bonchev–Trinajstić information content (AvgIpc) is 3.36. The van der Waals surface area contributed by atoms with Crippen LogP contribution in [0.1, 0.15) is 52.0 Å². The lowest BCUT2D eigenvalue weighted by Crippen LogP contribution is -2.61. The predicted octanol–water partition coefficient (Wildman–Crippen LogP) is 3.38. The first kappa shape index (κ1) is 19.7. The zero-order valence-electron chi connectivity index (χ0n) is 16.0. The van der Waals surface area contributed by atoms with Crippen LogP contribution in [0.25, 0.3) is 0 Å². The molecule has 1 saturated heterocycles. The first-order chi connectivity index (χ1) is 12.5. The predicted molar refractivity (Wildman–Crippen MR) is 94.7 cm³/mol. The van der Waals surface area contributed by atoms with Gasteiger partial charge >= 0.3 is 12.2 Å². The molecule has 0 spiro atoms. The Labute approximate surface area is 157 Å². The molecule has 7 nitrogen and oxygen atoms in total. The molecule has 1 aliphatic carbocycles. The Morgan fingerprint density at radius 2 is 2.00 bits per heavy atom. The maximum atomic E-state index is 13.8. The van der Waals surface area contributed by atoms with E-state index in [1.54, 1.807) is 33.2 Å². The van der Waals surface area contributed by atoms with E-state index in [4.69, 9.17) is 9.47 Å². The third-order valence-electron chi connectivity index (χ3n) is 4.47. The van der Waals surface area contributed by atoms with Crippen LogP contribution in [0.15, 0.2) is 12.4 Å². The van der Waals surface area contributed by atoms with Crippen molar-refractivity contribution in [1.29, 1.82) is 0 Å². The molecule has 0 unspecified atom stereocenters. The molecule has 1 aromatic heterocycles. The number of carbonyl (C=O) groups is 1. The van der Waals surface area contributed by atoms with E-state index in [0.717, 1.165) is 23.3 Å². The monoisotopic (exact) mass is 384 g/mol. The molecule has 2 aliphatic rings. The number of rotatable bonds is 4. The van der Waals surface area contributed by atoms with Gasteiger partial charge in [-0.1, -0.05) is 0 Å². The van der Waals surface area contributed by atoms with Gasteiger partial charge in [-0.2, -0.15) is 8.78 Å². The van der Waals surface area contributed by atoms with Gasteiger partial charge < -0.3 is 14.8 Å². The average molecular weight is 384 g/mol. The largest absolute Gasteiger partial charge is 0.444 e. The SMILES string of the molecule is C[C@@H]1OC(F)(F)CN(C(=O)OC(C)(C)C)[C@@H]1CNc1ncc(C2CC2)cn1. The first-order valence-electron chi connectivity index (χ1n) is 9.15. The number of anilines is 1. The third-order valence-corrected chi connectivity index (χ3v) is 4.47. The Bertz CT molecular complexity index is 674. The van der Waals surface area contributed by atoms with Crippen molar-refractivity contribution >= 4 is 12.0 Å². The number of nitrogens with zero attached hydrogens (tertiary/aromatic N) is 3. The van der Waals surface area contributed by atoms with Gasteiger partial charge in [0.15, 0.2) is 0 Å². The van der Waals surface area contributed by atoms with Gasteiger partial charge in [0.05, 0.1) is 12.1 Å².